The van der Waals surface area contributed by atoms with Crippen LogP contribution in [0.25, 0.3) is 16.7 Å². The van der Waals surface area contributed by atoms with Crippen molar-refractivity contribution in [3.63, 3.8) is 0 Å². The van der Waals surface area contributed by atoms with E-state index < -0.39 is 43.6 Å². The van der Waals surface area contributed by atoms with Gasteiger partial charge in [0.1, 0.15) is 5.82 Å². The quantitative estimate of drug-likeness (QED) is 0.307. The Bertz CT molecular complexity index is 1450. The van der Waals surface area contributed by atoms with E-state index in [4.69, 9.17) is 10.2 Å². The van der Waals surface area contributed by atoms with Crippen molar-refractivity contribution < 1.29 is 29.8 Å². The van der Waals surface area contributed by atoms with Gasteiger partial charge in [-0.1, -0.05) is 18.2 Å². The third-order valence-corrected chi connectivity index (χ3v) is 4.74. The lowest BCUT2D eigenvalue weighted by atomic mass is 10.2. The number of hydrogen-bond donors (Lipinski definition) is 2. The zero-order chi connectivity index (χ0) is 25.9. The highest BCUT2D eigenvalue weighted by Gasteiger charge is 2.30. The fourth-order valence-corrected chi connectivity index (χ4v) is 3.21. The van der Waals surface area contributed by atoms with Crippen LogP contribution in [0.4, 0.5) is 17.1 Å². The van der Waals surface area contributed by atoms with Crippen LogP contribution >= 0.6 is 0 Å². The number of carboxylic acid groups (broad SMARTS) is 1. The van der Waals surface area contributed by atoms with Gasteiger partial charge in [0.25, 0.3) is 11.4 Å². The molecule has 0 atom stereocenters. The van der Waals surface area contributed by atoms with Crippen molar-refractivity contribution in [3.05, 3.63) is 102 Å². The van der Waals surface area contributed by atoms with E-state index in [1.807, 2.05) is 41.8 Å². The summed E-state index contributed by atoms with van der Waals surface area (Å²) < 4.78 is 2.01. The van der Waals surface area contributed by atoms with Crippen molar-refractivity contribution in [2.75, 3.05) is 0 Å². The zero-order valence-corrected chi connectivity index (χ0v) is 17.8. The molecule has 0 aliphatic heterocycles. The van der Waals surface area contributed by atoms with Gasteiger partial charge in [-0.3, -0.25) is 34.9 Å². The highest BCUT2D eigenvalue weighted by atomic mass is 16.6. The molecule has 0 saturated carbocycles. The normalized spacial score (nSPS) is 10.3. The molecule has 178 valence electrons. The zero-order valence-electron chi connectivity index (χ0n) is 17.8. The van der Waals surface area contributed by atoms with E-state index in [2.05, 4.69) is 4.98 Å². The number of para-hydroxylation sites is 1. The molecule has 4 rings (SSSR count). The number of aromatic nitrogens is 2. The number of non-ortho nitro benzene ring substituents is 1. The number of fused-ring (bicyclic) bond motifs is 1. The Hall–Kier alpha value is -5.40. The van der Waals surface area contributed by atoms with Crippen LogP contribution < -0.4 is 0 Å². The lowest BCUT2D eigenvalue weighted by molar-refractivity contribution is -0.404. The second kappa shape index (κ2) is 9.62. The molecule has 0 unspecified atom stereocenters. The molecule has 14 heteroatoms. The second-order valence-corrected chi connectivity index (χ2v) is 6.94. The number of phenolic OH excluding ortho intramolecular Hbond substituents is 1. The highest BCUT2D eigenvalue weighted by Crippen LogP contribution is 2.39. The summed E-state index contributed by atoms with van der Waals surface area (Å²) in [6.07, 6.45) is 0. The molecule has 0 radical (unpaired) electrons. The Labute approximate surface area is 194 Å². The third kappa shape index (κ3) is 5.00. The lowest BCUT2D eigenvalue weighted by Gasteiger charge is -2.06. The van der Waals surface area contributed by atoms with Gasteiger partial charge >= 0.3 is 17.3 Å². The fraction of sp³-hybridized carbons (Fsp3) is 0.0476. The van der Waals surface area contributed by atoms with Crippen LogP contribution in [-0.2, 0) is 0 Å². The minimum atomic E-state index is -1.21. The Morgan fingerprint density at radius 3 is 1.94 bits per heavy atom. The standard InChI is InChI=1S/C15H12N2O2.C6H3N3O7/c1-10-16-13-9-11(15(18)19)7-8-14(13)17(10)12-5-3-2-4-6-12;10-6-4(8(13)14)1-3(7(11)12)2-5(6)9(15)16/h2-9H,1H3,(H,18,19);1-2,10H. The Morgan fingerprint density at radius 2 is 1.46 bits per heavy atom. The van der Waals surface area contributed by atoms with Gasteiger partial charge in [-0.2, -0.15) is 0 Å². The molecule has 14 nitrogen and oxygen atoms in total. The van der Waals surface area contributed by atoms with E-state index in [0.717, 1.165) is 17.0 Å². The number of carbonyl (C=O) groups is 1. The Morgan fingerprint density at radius 1 is 0.886 bits per heavy atom. The number of aromatic carboxylic acids is 1. The highest BCUT2D eigenvalue weighted by molar-refractivity contribution is 5.92. The average Bonchev–Trinajstić information content (AvgIpc) is 3.14. The molecule has 0 saturated heterocycles. The maximum absolute atomic E-state index is 11.0. The number of nitro groups is 3. The van der Waals surface area contributed by atoms with Crippen molar-refractivity contribution in [2.45, 2.75) is 6.92 Å². The SMILES string of the molecule is Cc1nc2cc(C(=O)O)ccc2n1-c1ccccc1.O=[N+]([O-])c1cc([N+](=O)[O-])c(O)c([N+](=O)[O-])c1. The predicted molar refractivity (Wildman–Crippen MR) is 121 cm³/mol. The van der Waals surface area contributed by atoms with Crippen LogP contribution in [0.3, 0.4) is 0 Å². The monoisotopic (exact) mass is 481 g/mol. The average molecular weight is 481 g/mol. The third-order valence-electron chi connectivity index (χ3n) is 4.74. The first-order chi connectivity index (χ1) is 16.5. The fourth-order valence-electron chi connectivity index (χ4n) is 3.21. The summed E-state index contributed by atoms with van der Waals surface area (Å²) in [5.41, 5.74) is -0.122. The maximum atomic E-state index is 11.0. The number of nitrogens with zero attached hydrogens (tertiary/aromatic N) is 5. The van der Waals surface area contributed by atoms with E-state index in [-0.39, 0.29) is 5.56 Å². The first-order valence-electron chi connectivity index (χ1n) is 9.59. The largest absolute Gasteiger partial charge is 0.497 e. The molecular formula is C21H15N5O9. The van der Waals surface area contributed by atoms with Gasteiger partial charge in [-0.05, 0) is 37.3 Å². The lowest BCUT2D eigenvalue weighted by Crippen LogP contribution is -1.97. The molecule has 35 heavy (non-hydrogen) atoms. The molecular weight excluding hydrogens is 466 g/mol. The minimum Gasteiger partial charge on any atom is -0.497 e. The van der Waals surface area contributed by atoms with E-state index in [0.29, 0.717) is 17.6 Å². The number of carboxylic acids is 1. The Balaban J connectivity index is 0.000000199. The number of hydrogen-bond acceptors (Lipinski definition) is 9. The van der Waals surface area contributed by atoms with Gasteiger partial charge < -0.3 is 10.2 Å². The Kier molecular flexibility index (Phi) is 6.66. The summed E-state index contributed by atoms with van der Waals surface area (Å²) in [5, 5.41) is 49.2. The van der Waals surface area contributed by atoms with Crippen molar-refractivity contribution >= 4 is 34.1 Å². The van der Waals surface area contributed by atoms with Gasteiger partial charge in [-0.15, -0.1) is 0 Å². The number of nitro benzene ring substituents is 3. The molecule has 0 fully saturated rings. The molecule has 0 spiro atoms. The maximum Gasteiger partial charge on any atom is 0.335 e. The van der Waals surface area contributed by atoms with Gasteiger partial charge in [0.15, 0.2) is 0 Å². The number of benzene rings is 3. The first-order valence-corrected chi connectivity index (χ1v) is 9.59. The summed E-state index contributed by atoms with van der Waals surface area (Å²) in [4.78, 5) is 43.2. The van der Waals surface area contributed by atoms with Gasteiger partial charge in [-0.25, -0.2) is 9.78 Å². The van der Waals surface area contributed by atoms with Crippen molar-refractivity contribution in [1.29, 1.82) is 0 Å². The van der Waals surface area contributed by atoms with E-state index >= 15 is 0 Å². The molecule has 0 aliphatic rings. The van der Waals surface area contributed by atoms with Crippen LogP contribution in [-0.4, -0.2) is 40.5 Å². The van der Waals surface area contributed by atoms with Crippen LogP contribution in [0.2, 0.25) is 0 Å². The predicted octanol–water partition coefficient (Wildman–Crippen LogP) is 4.15. The number of imidazole rings is 1. The van der Waals surface area contributed by atoms with Crippen LogP contribution in [0.5, 0.6) is 5.75 Å². The molecule has 1 heterocycles. The molecule has 0 aliphatic carbocycles. The van der Waals surface area contributed by atoms with E-state index in [1.54, 1.807) is 18.2 Å². The topological polar surface area (TPSA) is 205 Å². The van der Waals surface area contributed by atoms with Crippen molar-refractivity contribution in [2.24, 2.45) is 0 Å². The van der Waals surface area contributed by atoms with Crippen LogP contribution in [0.1, 0.15) is 16.2 Å². The van der Waals surface area contributed by atoms with Gasteiger partial charge in [0, 0.05) is 5.69 Å². The summed E-state index contributed by atoms with van der Waals surface area (Å²) >= 11 is 0. The van der Waals surface area contributed by atoms with Crippen molar-refractivity contribution in [3.8, 4) is 11.4 Å². The summed E-state index contributed by atoms with van der Waals surface area (Å²) in [5.74, 6) is -1.31. The molecule has 1 aromatic heterocycles. The molecule has 2 N–H and O–H groups in total. The summed E-state index contributed by atoms with van der Waals surface area (Å²) in [7, 11) is 0. The second-order valence-electron chi connectivity index (χ2n) is 6.94. The molecule has 0 amide bonds. The van der Waals surface area contributed by atoms with Gasteiger partial charge in [0.2, 0.25) is 0 Å². The van der Waals surface area contributed by atoms with Crippen molar-refractivity contribution in [1.82, 2.24) is 9.55 Å². The van der Waals surface area contributed by atoms with Crippen LogP contribution in [0, 0.1) is 37.3 Å². The smallest absolute Gasteiger partial charge is 0.335 e. The summed E-state index contributed by atoms with van der Waals surface area (Å²) in [6.45, 7) is 1.91. The van der Waals surface area contributed by atoms with Gasteiger partial charge in [0.05, 0.1) is 43.5 Å². The molecule has 4 aromatic rings. The number of rotatable bonds is 5. The summed E-state index contributed by atoms with van der Waals surface area (Å²) in [6, 6.07) is 15.8. The minimum absolute atomic E-state index is 0.255. The number of aryl methyl sites for hydroxylation is 1. The molecule has 3 aromatic carbocycles. The molecule has 0 bridgehead atoms. The van der Waals surface area contributed by atoms with Crippen LogP contribution in [0.15, 0.2) is 60.7 Å². The first kappa shape index (κ1) is 24.2. The number of aromatic hydroxyl groups is 1. The number of phenols is 1. The van der Waals surface area contributed by atoms with E-state index in [1.165, 1.54) is 0 Å². The van der Waals surface area contributed by atoms with E-state index in [9.17, 15) is 35.1 Å².